The Balaban J connectivity index is 1.83. The number of aryl methyl sites for hydroxylation is 1. The molecule has 1 N–H and O–H groups in total. The highest BCUT2D eigenvalue weighted by atomic mass is 16.6. The Morgan fingerprint density at radius 3 is 2.60 bits per heavy atom. The van der Waals surface area contributed by atoms with Gasteiger partial charge in [0.2, 0.25) is 0 Å². The van der Waals surface area contributed by atoms with Gasteiger partial charge in [0.15, 0.2) is 12.7 Å². The Hall–Kier alpha value is -3.02. The lowest BCUT2D eigenvalue weighted by Gasteiger charge is -2.14. The monoisotopic (exact) mass is 343 g/mol. The molecule has 6 nitrogen and oxygen atoms in total. The van der Waals surface area contributed by atoms with E-state index in [1.807, 2.05) is 25.1 Å². The van der Waals surface area contributed by atoms with Crippen LogP contribution in [0.2, 0.25) is 0 Å². The van der Waals surface area contributed by atoms with E-state index in [2.05, 4.69) is 5.32 Å². The Bertz CT molecular complexity index is 744. The number of para-hydroxylation sites is 2. The van der Waals surface area contributed by atoms with Crippen molar-refractivity contribution in [1.82, 2.24) is 0 Å². The number of methoxy groups -OCH3 is 1. The van der Waals surface area contributed by atoms with Crippen LogP contribution in [0.1, 0.15) is 12.5 Å². The van der Waals surface area contributed by atoms with Crippen LogP contribution in [-0.2, 0) is 14.3 Å². The van der Waals surface area contributed by atoms with E-state index in [1.54, 1.807) is 37.3 Å². The number of carbonyl (C=O) groups is 2. The fourth-order valence-corrected chi connectivity index (χ4v) is 2.13. The summed E-state index contributed by atoms with van der Waals surface area (Å²) in [5, 5.41) is 2.63. The zero-order valence-corrected chi connectivity index (χ0v) is 14.4. The highest BCUT2D eigenvalue weighted by molar-refractivity contribution is 5.94. The van der Waals surface area contributed by atoms with Gasteiger partial charge in [-0.3, -0.25) is 4.79 Å². The molecule has 0 aliphatic heterocycles. The molecule has 6 heteroatoms. The highest BCUT2D eigenvalue weighted by Gasteiger charge is 2.18. The zero-order valence-electron chi connectivity index (χ0n) is 14.4. The van der Waals surface area contributed by atoms with Gasteiger partial charge in [0, 0.05) is 0 Å². The minimum Gasteiger partial charge on any atom is -0.495 e. The second-order valence-corrected chi connectivity index (χ2v) is 5.43. The molecule has 0 saturated carbocycles. The number of nitrogens with one attached hydrogen (secondary N) is 1. The molecule has 0 aliphatic carbocycles. The van der Waals surface area contributed by atoms with E-state index in [0.29, 0.717) is 17.2 Å². The molecule has 2 rings (SSSR count). The number of anilines is 1. The molecule has 0 saturated heterocycles. The van der Waals surface area contributed by atoms with Crippen molar-refractivity contribution >= 4 is 17.6 Å². The second kappa shape index (κ2) is 8.73. The molecule has 1 amide bonds. The molecule has 25 heavy (non-hydrogen) atoms. The van der Waals surface area contributed by atoms with Crippen molar-refractivity contribution in [3.8, 4) is 11.5 Å². The van der Waals surface area contributed by atoms with E-state index in [4.69, 9.17) is 14.2 Å². The summed E-state index contributed by atoms with van der Waals surface area (Å²) in [5.41, 5.74) is 1.53. The van der Waals surface area contributed by atoms with E-state index in [1.165, 1.54) is 7.11 Å². The summed E-state index contributed by atoms with van der Waals surface area (Å²) in [6.07, 6.45) is -0.819. The maximum Gasteiger partial charge on any atom is 0.347 e. The molecule has 0 aromatic heterocycles. The van der Waals surface area contributed by atoms with Gasteiger partial charge in [-0.15, -0.1) is 0 Å². The lowest BCUT2D eigenvalue weighted by atomic mass is 10.2. The van der Waals surface area contributed by atoms with Crippen LogP contribution in [0.3, 0.4) is 0 Å². The molecule has 132 valence electrons. The molecular weight excluding hydrogens is 322 g/mol. The quantitative estimate of drug-likeness (QED) is 0.783. The van der Waals surface area contributed by atoms with Crippen LogP contribution >= 0.6 is 0 Å². The fraction of sp³-hybridized carbons (Fsp3) is 0.263. The van der Waals surface area contributed by atoms with Crippen LogP contribution in [0.4, 0.5) is 5.69 Å². The number of benzene rings is 2. The maximum absolute atomic E-state index is 12.0. The van der Waals surface area contributed by atoms with Crippen LogP contribution in [0.15, 0.2) is 48.5 Å². The number of rotatable bonds is 7. The zero-order chi connectivity index (χ0) is 18.2. The SMILES string of the molecule is COc1ccccc1NC(=O)COC(=O)[C@H](C)Oc1cccc(C)c1. The van der Waals surface area contributed by atoms with Gasteiger partial charge in [0.1, 0.15) is 11.5 Å². The van der Waals surface area contributed by atoms with Gasteiger partial charge in [0.25, 0.3) is 5.91 Å². The normalized spacial score (nSPS) is 11.3. The van der Waals surface area contributed by atoms with Crippen LogP contribution in [0, 0.1) is 6.92 Å². The first kappa shape index (κ1) is 18.3. The minimum atomic E-state index is -0.819. The van der Waals surface area contributed by atoms with E-state index in [0.717, 1.165) is 5.56 Å². The summed E-state index contributed by atoms with van der Waals surface area (Å²) in [5.74, 6) is 0.0264. The van der Waals surface area contributed by atoms with E-state index in [-0.39, 0.29) is 0 Å². The highest BCUT2D eigenvalue weighted by Crippen LogP contribution is 2.22. The van der Waals surface area contributed by atoms with Crippen LogP contribution in [0.25, 0.3) is 0 Å². The van der Waals surface area contributed by atoms with Gasteiger partial charge in [-0.2, -0.15) is 0 Å². The Labute approximate surface area is 146 Å². The van der Waals surface area contributed by atoms with Crippen molar-refractivity contribution in [1.29, 1.82) is 0 Å². The Morgan fingerprint density at radius 2 is 1.88 bits per heavy atom. The summed E-state index contributed by atoms with van der Waals surface area (Å²) >= 11 is 0. The number of esters is 1. The molecule has 2 aromatic carbocycles. The van der Waals surface area contributed by atoms with Crippen molar-refractivity contribution < 1.29 is 23.8 Å². The first-order chi connectivity index (χ1) is 12.0. The summed E-state index contributed by atoms with van der Waals surface area (Å²) in [7, 11) is 1.51. The van der Waals surface area contributed by atoms with Crippen LogP contribution in [0.5, 0.6) is 11.5 Å². The fourth-order valence-electron chi connectivity index (χ4n) is 2.13. The number of ether oxygens (including phenoxy) is 3. The minimum absolute atomic E-state index is 0.404. The summed E-state index contributed by atoms with van der Waals surface area (Å²) in [6, 6.07) is 14.3. The predicted octanol–water partition coefficient (Wildman–Crippen LogP) is 2.95. The Morgan fingerprint density at radius 1 is 1.12 bits per heavy atom. The average molecular weight is 343 g/mol. The number of amides is 1. The first-order valence-electron chi connectivity index (χ1n) is 7.82. The lowest BCUT2D eigenvalue weighted by Crippen LogP contribution is -2.29. The summed E-state index contributed by atoms with van der Waals surface area (Å²) in [6.45, 7) is 3.10. The van der Waals surface area contributed by atoms with Crippen molar-refractivity contribution in [3.05, 3.63) is 54.1 Å². The molecule has 0 heterocycles. The smallest absolute Gasteiger partial charge is 0.347 e. The van der Waals surface area contributed by atoms with Crippen molar-refractivity contribution in [2.45, 2.75) is 20.0 Å². The summed E-state index contributed by atoms with van der Waals surface area (Å²) < 4.78 is 15.7. The van der Waals surface area contributed by atoms with Gasteiger partial charge in [0.05, 0.1) is 12.8 Å². The van der Waals surface area contributed by atoms with Gasteiger partial charge in [-0.1, -0.05) is 24.3 Å². The molecule has 2 aromatic rings. The largest absolute Gasteiger partial charge is 0.495 e. The van der Waals surface area contributed by atoms with Gasteiger partial charge >= 0.3 is 5.97 Å². The van der Waals surface area contributed by atoms with Crippen LogP contribution < -0.4 is 14.8 Å². The second-order valence-electron chi connectivity index (χ2n) is 5.43. The maximum atomic E-state index is 12.0. The van der Waals surface area contributed by atoms with Crippen LogP contribution in [-0.4, -0.2) is 31.7 Å². The van der Waals surface area contributed by atoms with Gasteiger partial charge in [-0.25, -0.2) is 4.79 Å². The third kappa shape index (κ3) is 5.53. The Kier molecular flexibility index (Phi) is 6.39. The summed E-state index contributed by atoms with van der Waals surface area (Å²) in [4.78, 5) is 23.9. The third-order valence-corrected chi connectivity index (χ3v) is 3.36. The molecule has 0 spiro atoms. The topological polar surface area (TPSA) is 73.9 Å². The molecular formula is C19H21NO5. The molecule has 0 fully saturated rings. The van der Waals surface area contributed by atoms with Crippen molar-refractivity contribution in [2.75, 3.05) is 19.0 Å². The molecule has 0 bridgehead atoms. The van der Waals surface area contributed by atoms with Gasteiger partial charge in [-0.05, 0) is 43.7 Å². The third-order valence-electron chi connectivity index (χ3n) is 3.36. The van der Waals surface area contributed by atoms with Crippen molar-refractivity contribution in [2.24, 2.45) is 0 Å². The standard InChI is InChI=1S/C19H21NO5/c1-13-7-6-8-15(11-13)25-14(2)19(22)24-12-18(21)20-16-9-4-5-10-17(16)23-3/h4-11,14H,12H2,1-3H3,(H,20,21)/t14-/m0/s1. The number of hydrogen-bond acceptors (Lipinski definition) is 5. The van der Waals surface area contributed by atoms with E-state index >= 15 is 0 Å². The molecule has 0 aliphatic rings. The molecule has 0 radical (unpaired) electrons. The average Bonchev–Trinajstić information content (AvgIpc) is 2.60. The molecule has 1 atom stereocenters. The van der Waals surface area contributed by atoms with E-state index < -0.39 is 24.6 Å². The van der Waals surface area contributed by atoms with Gasteiger partial charge < -0.3 is 19.5 Å². The lowest BCUT2D eigenvalue weighted by molar-refractivity contribution is -0.153. The molecule has 0 unspecified atom stereocenters. The van der Waals surface area contributed by atoms with Crippen molar-refractivity contribution in [3.63, 3.8) is 0 Å². The number of carbonyl (C=O) groups excluding carboxylic acids is 2. The van der Waals surface area contributed by atoms with E-state index in [9.17, 15) is 9.59 Å². The first-order valence-corrected chi connectivity index (χ1v) is 7.82. The predicted molar refractivity (Wildman–Crippen MR) is 93.9 cm³/mol. The number of hydrogen-bond donors (Lipinski definition) is 1.